The lowest BCUT2D eigenvalue weighted by atomic mass is 9.78. The molecule has 2 aliphatic rings. The predicted molar refractivity (Wildman–Crippen MR) is 126 cm³/mol. The van der Waals surface area contributed by atoms with Crippen molar-refractivity contribution in [3.05, 3.63) is 50.7 Å². The van der Waals surface area contributed by atoms with E-state index in [2.05, 4.69) is 25.9 Å². The van der Waals surface area contributed by atoms with Gasteiger partial charge in [0.15, 0.2) is 16.9 Å². The minimum absolute atomic E-state index is 0.0566. The van der Waals surface area contributed by atoms with Gasteiger partial charge in [-0.3, -0.25) is 14.4 Å². The Morgan fingerprint density at radius 2 is 2.00 bits per heavy atom. The zero-order valence-corrected chi connectivity index (χ0v) is 19.7. The molecular weight excluding hydrogens is 438 g/mol. The first-order valence-corrected chi connectivity index (χ1v) is 11.5. The van der Waals surface area contributed by atoms with Gasteiger partial charge in [0, 0.05) is 48.6 Å². The first kappa shape index (κ1) is 23.7. The first-order chi connectivity index (χ1) is 16.1. The van der Waals surface area contributed by atoms with Crippen molar-refractivity contribution in [3.8, 4) is 22.8 Å². The van der Waals surface area contributed by atoms with Crippen molar-refractivity contribution in [2.75, 3.05) is 19.7 Å². The quantitative estimate of drug-likeness (QED) is 0.512. The fraction of sp³-hybridized carbons (Fsp3) is 0.480. The molecule has 1 atom stereocenters. The fourth-order valence-electron chi connectivity index (χ4n) is 4.77. The van der Waals surface area contributed by atoms with E-state index in [0.29, 0.717) is 49.4 Å². The topological polar surface area (TPSA) is 118 Å². The summed E-state index contributed by atoms with van der Waals surface area (Å²) in [7, 11) is 0. The fourth-order valence-corrected chi connectivity index (χ4v) is 4.77. The number of benzene rings is 1. The van der Waals surface area contributed by atoms with Crippen LogP contribution in [-0.4, -0.2) is 46.1 Å². The molecule has 0 radical (unpaired) electrons. The molecule has 1 aromatic heterocycles. The predicted octanol–water partition coefficient (Wildman–Crippen LogP) is 3.66. The Bertz CT molecular complexity index is 1210. The van der Waals surface area contributed by atoms with Gasteiger partial charge in [0.2, 0.25) is 5.91 Å². The van der Waals surface area contributed by atoms with Gasteiger partial charge in [-0.1, -0.05) is 20.8 Å². The van der Waals surface area contributed by atoms with Crippen LogP contribution in [0.15, 0.2) is 34.4 Å². The van der Waals surface area contributed by atoms with Crippen LogP contribution in [-0.2, 0) is 11.2 Å². The average molecular weight is 468 g/mol. The van der Waals surface area contributed by atoms with Gasteiger partial charge in [-0.2, -0.15) is 0 Å². The Balaban J connectivity index is 1.64. The first-order valence-electron chi connectivity index (χ1n) is 11.5. The van der Waals surface area contributed by atoms with Crippen LogP contribution in [0.4, 0.5) is 0 Å². The van der Waals surface area contributed by atoms with Gasteiger partial charge in [0.05, 0.1) is 12.3 Å². The monoisotopic (exact) mass is 467 g/mol. The highest BCUT2D eigenvalue weighted by atomic mass is 16.5. The summed E-state index contributed by atoms with van der Waals surface area (Å²) in [6.07, 6.45) is 4.14. The van der Waals surface area contributed by atoms with E-state index in [1.165, 1.54) is 12.3 Å². The van der Waals surface area contributed by atoms with E-state index in [-0.39, 0.29) is 28.7 Å². The van der Waals surface area contributed by atoms with E-state index in [9.17, 15) is 24.4 Å². The van der Waals surface area contributed by atoms with Gasteiger partial charge in [-0.05, 0) is 42.4 Å². The second-order valence-electron chi connectivity index (χ2n) is 9.99. The highest BCUT2D eigenvalue weighted by Gasteiger charge is 2.34. The van der Waals surface area contributed by atoms with Crippen LogP contribution in [0.2, 0.25) is 0 Å². The molecule has 1 N–H and O–H groups in total. The van der Waals surface area contributed by atoms with Crippen molar-refractivity contribution in [3.63, 3.8) is 0 Å². The lowest BCUT2D eigenvalue weighted by Gasteiger charge is -2.39. The maximum atomic E-state index is 12.6. The van der Waals surface area contributed by atoms with Crippen molar-refractivity contribution >= 4 is 11.8 Å². The highest BCUT2D eigenvalue weighted by molar-refractivity contribution is 5.94. The molecule has 0 spiro atoms. The van der Waals surface area contributed by atoms with Crippen LogP contribution >= 0.6 is 0 Å². The third-order valence-corrected chi connectivity index (χ3v) is 6.60. The van der Waals surface area contributed by atoms with Gasteiger partial charge in [0.25, 0.3) is 0 Å². The molecule has 2 aliphatic heterocycles. The zero-order valence-electron chi connectivity index (χ0n) is 19.7. The van der Waals surface area contributed by atoms with E-state index >= 15 is 0 Å². The largest absolute Gasteiger partial charge is 0.504 e. The molecule has 1 aromatic carbocycles. The molecular formula is C25H29N3O6. The summed E-state index contributed by atoms with van der Waals surface area (Å²) in [6, 6.07) is 4.57. The van der Waals surface area contributed by atoms with Gasteiger partial charge < -0.3 is 19.3 Å². The minimum Gasteiger partial charge on any atom is -0.504 e. The molecule has 2 amide bonds. The van der Waals surface area contributed by atoms with E-state index in [0.717, 1.165) is 18.5 Å². The second-order valence-corrected chi connectivity index (χ2v) is 9.99. The van der Waals surface area contributed by atoms with Crippen LogP contribution in [0.5, 0.6) is 11.5 Å². The van der Waals surface area contributed by atoms with Crippen molar-refractivity contribution in [2.24, 2.45) is 10.6 Å². The van der Waals surface area contributed by atoms with E-state index in [4.69, 9.17) is 4.74 Å². The van der Waals surface area contributed by atoms with Crippen LogP contribution < -0.4 is 10.2 Å². The molecule has 2 aromatic rings. The summed E-state index contributed by atoms with van der Waals surface area (Å²) < 4.78 is 7.68. The second kappa shape index (κ2) is 9.04. The molecule has 4 rings (SSSR count). The van der Waals surface area contributed by atoms with Crippen LogP contribution in [0.3, 0.4) is 0 Å². The molecule has 0 bridgehead atoms. The van der Waals surface area contributed by atoms with Crippen LogP contribution in [0.1, 0.15) is 62.0 Å². The number of amides is 2. The summed E-state index contributed by atoms with van der Waals surface area (Å²) in [5.74, 6) is -0.626. The van der Waals surface area contributed by atoms with Crippen molar-refractivity contribution < 1.29 is 19.4 Å². The van der Waals surface area contributed by atoms with E-state index < -0.39 is 11.3 Å². The maximum Gasteiger partial charge on any atom is 0.322 e. The van der Waals surface area contributed by atoms with E-state index in [1.807, 2.05) is 9.47 Å². The van der Waals surface area contributed by atoms with E-state index in [1.54, 1.807) is 12.1 Å². The number of phenolic OH excluding ortho intramolecular Hbond substituents is 1. The summed E-state index contributed by atoms with van der Waals surface area (Å²) in [5.41, 5.74) is 1.04. The number of ether oxygens (including phenoxy) is 1. The summed E-state index contributed by atoms with van der Waals surface area (Å²) in [6.45, 7) is 7.94. The molecule has 9 nitrogen and oxygen atoms in total. The third kappa shape index (κ3) is 4.47. The number of pyridine rings is 1. The SMILES string of the molecule is CC(C)(C)C1Cc2cc(OCCCN3CCCC3=O)c(O)cc2-c2cc(=O)c(C(=O)N=O)cn21. The number of aromatic hydroxyl groups is 1. The van der Waals surface area contributed by atoms with Gasteiger partial charge in [-0.15, -0.1) is 4.91 Å². The number of fused-ring (bicyclic) bond motifs is 3. The van der Waals surface area contributed by atoms with Gasteiger partial charge >= 0.3 is 5.91 Å². The molecule has 1 saturated heterocycles. The number of nitroso groups, excluding NO2 is 1. The smallest absolute Gasteiger partial charge is 0.322 e. The van der Waals surface area contributed by atoms with Gasteiger partial charge in [0.1, 0.15) is 5.56 Å². The number of carbonyl (C=O) groups is 2. The Hall–Kier alpha value is -3.49. The molecule has 34 heavy (non-hydrogen) atoms. The lowest BCUT2D eigenvalue weighted by molar-refractivity contribution is -0.127. The number of nitrogens with zero attached hydrogens (tertiary/aromatic N) is 3. The van der Waals surface area contributed by atoms with Crippen molar-refractivity contribution in [1.29, 1.82) is 0 Å². The number of likely N-dealkylation sites (tertiary alicyclic amines) is 1. The number of phenols is 1. The molecule has 3 heterocycles. The number of carbonyl (C=O) groups excluding carboxylic acids is 2. The molecule has 0 saturated carbocycles. The average Bonchev–Trinajstić information content (AvgIpc) is 3.19. The van der Waals surface area contributed by atoms with Crippen molar-refractivity contribution in [2.45, 2.75) is 52.5 Å². The normalized spacial score (nSPS) is 17.3. The number of aromatic nitrogens is 1. The third-order valence-electron chi connectivity index (χ3n) is 6.60. The Labute approximate surface area is 197 Å². The number of hydrogen-bond donors (Lipinski definition) is 1. The van der Waals surface area contributed by atoms with Crippen molar-refractivity contribution in [1.82, 2.24) is 9.47 Å². The molecule has 180 valence electrons. The lowest BCUT2D eigenvalue weighted by Crippen LogP contribution is -2.32. The zero-order chi connectivity index (χ0) is 24.6. The number of rotatable bonds is 6. The van der Waals surface area contributed by atoms with Gasteiger partial charge in [-0.25, -0.2) is 0 Å². The molecule has 9 heteroatoms. The minimum atomic E-state index is -1.10. The maximum absolute atomic E-state index is 12.6. The summed E-state index contributed by atoms with van der Waals surface area (Å²) >= 11 is 0. The Morgan fingerprint density at radius 3 is 2.65 bits per heavy atom. The van der Waals surface area contributed by atoms with Crippen LogP contribution in [0, 0.1) is 10.3 Å². The van der Waals surface area contributed by atoms with Crippen LogP contribution in [0.25, 0.3) is 11.3 Å². The standard InChI is InChI=1S/C25H29N3O6/c1-25(2,3)22-11-15-10-21(34-9-5-8-27-7-4-6-23(27)31)20(30)12-16(15)18-13-19(29)17(14-28(18)22)24(32)26-33/h10,12-14,22,30H,4-9,11H2,1-3H3. The molecule has 0 aliphatic carbocycles. The Kier molecular flexibility index (Phi) is 6.29. The summed E-state index contributed by atoms with van der Waals surface area (Å²) in [5, 5.41) is 13.0. The Morgan fingerprint density at radius 1 is 1.24 bits per heavy atom. The number of hydrogen-bond acceptors (Lipinski definition) is 6. The highest BCUT2D eigenvalue weighted by Crippen LogP contribution is 2.45. The molecule has 1 fully saturated rings. The molecule has 1 unspecified atom stereocenters. The summed E-state index contributed by atoms with van der Waals surface area (Å²) in [4.78, 5) is 48.8.